The average Bonchev–Trinajstić information content (AvgIpc) is 3.17. The fourth-order valence-electron chi connectivity index (χ4n) is 4.29. The van der Waals surface area contributed by atoms with Gasteiger partial charge >= 0.3 is 6.18 Å². The summed E-state index contributed by atoms with van der Waals surface area (Å²) >= 11 is 0. The molecule has 0 spiro atoms. The number of anilines is 1. The minimum atomic E-state index is -4.60. The van der Waals surface area contributed by atoms with Crippen molar-refractivity contribution in [1.82, 2.24) is 9.55 Å². The maximum atomic E-state index is 13.5. The van der Waals surface area contributed by atoms with Gasteiger partial charge in [-0.2, -0.15) is 18.4 Å². The maximum absolute atomic E-state index is 13.5. The third kappa shape index (κ3) is 4.62. The second-order valence-corrected chi connectivity index (χ2v) is 8.45. The molecule has 1 unspecified atom stereocenters. The number of benzene rings is 1. The average molecular weight is 432 g/mol. The van der Waals surface area contributed by atoms with Crippen LogP contribution >= 0.6 is 0 Å². The number of imidazole rings is 1. The molecule has 0 bridgehead atoms. The Morgan fingerprint density at radius 3 is 2.71 bits per heavy atom. The molecule has 8 heteroatoms. The van der Waals surface area contributed by atoms with E-state index in [9.17, 15) is 18.3 Å². The summed E-state index contributed by atoms with van der Waals surface area (Å²) in [6.07, 6.45) is 2.63. The normalized spacial score (nSPS) is 18.4. The van der Waals surface area contributed by atoms with Crippen molar-refractivity contribution in [3.63, 3.8) is 0 Å². The van der Waals surface area contributed by atoms with Crippen LogP contribution in [-0.4, -0.2) is 33.9 Å². The topological polar surface area (TPSA) is 65.1 Å². The van der Waals surface area contributed by atoms with Crippen LogP contribution in [0.15, 0.2) is 36.8 Å². The number of hydrogen-bond acceptors (Lipinski definition) is 4. The van der Waals surface area contributed by atoms with Crippen molar-refractivity contribution in [2.45, 2.75) is 52.4 Å². The van der Waals surface area contributed by atoms with Crippen molar-refractivity contribution in [3.8, 4) is 6.07 Å². The van der Waals surface area contributed by atoms with Crippen molar-refractivity contribution < 1.29 is 18.3 Å². The number of allylic oxidation sites excluding steroid dienone is 1. The Labute approximate surface area is 180 Å². The molecule has 1 aliphatic rings. The number of hydrogen-bond donors (Lipinski definition) is 1. The van der Waals surface area contributed by atoms with Crippen molar-refractivity contribution in [3.05, 3.63) is 53.6 Å². The largest absolute Gasteiger partial charge is 0.417 e. The Morgan fingerprint density at radius 1 is 1.35 bits per heavy atom. The van der Waals surface area contributed by atoms with Crippen LogP contribution in [0.5, 0.6) is 0 Å². The maximum Gasteiger partial charge on any atom is 0.417 e. The van der Waals surface area contributed by atoms with E-state index in [1.165, 1.54) is 6.07 Å². The van der Waals surface area contributed by atoms with Crippen molar-refractivity contribution >= 4 is 11.3 Å². The first-order valence-electron chi connectivity index (χ1n) is 10.3. The Kier molecular flexibility index (Phi) is 6.46. The minimum Gasteiger partial charge on any atom is -0.395 e. The number of likely N-dealkylation sites (N-methyl/N-ethyl adjacent to an activating group) is 1. The smallest absolute Gasteiger partial charge is 0.395 e. The third-order valence-corrected chi connectivity index (χ3v) is 6.02. The number of halogens is 3. The van der Waals surface area contributed by atoms with Gasteiger partial charge in [0.25, 0.3) is 0 Å². The van der Waals surface area contributed by atoms with Gasteiger partial charge in [-0.1, -0.05) is 19.9 Å². The summed E-state index contributed by atoms with van der Waals surface area (Å²) in [5.74, 6) is 0. The fourth-order valence-corrected chi connectivity index (χ4v) is 4.29. The molecular formula is C23H27F3N4O. The van der Waals surface area contributed by atoms with E-state index in [4.69, 9.17) is 5.26 Å². The van der Waals surface area contributed by atoms with Gasteiger partial charge in [0, 0.05) is 18.8 Å². The zero-order chi connectivity index (χ0) is 22.8. The van der Waals surface area contributed by atoms with Crippen LogP contribution in [-0.2, 0) is 12.7 Å². The van der Waals surface area contributed by atoms with Gasteiger partial charge in [0.2, 0.25) is 0 Å². The van der Waals surface area contributed by atoms with E-state index in [0.717, 1.165) is 30.2 Å². The monoisotopic (exact) mass is 432 g/mol. The molecule has 0 aliphatic heterocycles. The quantitative estimate of drug-likeness (QED) is 0.708. The van der Waals surface area contributed by atoms with Gasteiger partial charge in [-0.25, -0.2) is 4.98 Å². The second-order valence-electron chi connectivity index (χ2n) is 8.45. The molecule has 0 saturated heterocycles. The highest BCUT2D eigenvalue weighted by molar-refractivity contribution is 5.67. The van der Waals surface area contributed by atoms with E-state index in [-0.39, 0.29) is 23.6 Å². The minimum absolute atomic E-state index is 0.00188. The molecule has 0 saturated carbocycles. The number of rotatable bonds is 6. The van der Waals surface area contributed by atoms with E-state index in [1.807, 2.05) is 16.4 Å². The predicted octanol–water partition coefficient (Wildman–Crippen LogP) is 4.86. The molecule has 2 aromatic rings. The summed E-state index contributed by atoms with van der Waals surface area (Å²) in [5.41, 5.74) is 0.963. The van der Waals surface area contributed by atoms with Crippen LogP contribution in [0, 0.1) is 16.7 Å². The first-order valence-corrected chi connectivity index (χ1v) is 10.3. The molecule has 0 amide bonds. The van der Waals surface area contributed by atoms with Crippen LogP contribution in [0.4, 0.5) is 18.9 Å². The SMILES string of the molecule is CCN(c1ccc(C#N)c(C(F)(F)F)c1)C1C=C(c2cncn2CCO)CCC1(C)C. The zero-order valence-corrected chi connectivity index (χ0v) is 17.9. The van der Waals surface area contributed by atoms with Gasteiger partial charge in [0.15, 0.2) is 0 Å². The molecule has 5 nitrogen and oxygen atoms in total. The van der Waals surface area contributed by atoms with E-state index >= 15 is 0 Å². The number of nitriles is 1. The lowest BCUT2D eigenvalue weighted by Gasteiger charge is -2.45. The van der Waals surface area contributed by atoms with E-state index in [2.05, 4.69) is 24.9 Å². The summed E-state index contributed by atoms with van der Waals surface area (Å²) in [4.78, 5) is 6.16. The summed E-state index contributed by atoms with van der Waals surface area (Å²) in [7, 11) is 0. The van der Waals surface area contributed by atoms with Crippen molar-refractivity contribution in [2.75, 3.05) is 18.1 Å². The number of aromatic nitrogens is 2. The van der Waals surface area contributed by atoms with Crippen molar-refractivity contribution in [1.29, 1.82) is 5.26 Å². The number of aliphatic hydroxyl groups excluding tert-OH is 1. The van der Waals surface area contributed by atoms with E-state index in [1.54, 1.807) is 24.7 Å². The molecule has 1 heterocycles. The Morgan fingerprint density at radius 2 is 2.10 bits per heavy atom. The van der Waals surface area contributed by atoms with E-state index < -0.39 is 11.7 Å². The predicted molar refractivity (Wildman–Crippen MR) is 113 cm³/mol. The highest BCUT2D eigenvalue weighted by Gasteiger charge is 2.38. The lowest BCUT2D eigenvalue weighted by molar-refractivity contribution is -0.137. The van der Waals surface area contributed by atoms with Gasteiger partial charge in [0.1, 0.15) is 0 Å². The Bertz CT molecular complexity index is 1000. The Balaban J connectivity index is 2.06. The molecule has 31 heavy (non-hydrogen) atoms. The molecule has 1 N–H and O–H groups in total. The van der Waals surface area contributed by atoms with Crippen LogP contribution in [0.3, 0.4) is 0 Å². The third-order valence-electron chi connectivity index (χ3n) is 6.02. The molecule has 3 rings (SSSR count). The molecule has 1 aromatic carbocycles. The van der Waals surface area contributed by atoms with Crippen LogP contribution in [0.1, 0.15) is 50.4 Å². The molecule has 1 atom stereocenters. The summed E-state index contributed by atoms with van der Waals surface area (Å²) in [6, 6.07) is 5.42. The molecule has 0 fully saturated rings. The molecule has 0 radical (unpaired) electrons. The van der Waals surface area contributed by atoms with E-state index in [0.29, 0.717) is 18.8 Å². The van der Waals surface area contributed by atoms with Crippen LogP contribution in [0.25, 0.3) is 5.57 Å². The zero-order valence-electron chi connectivity index (χ0n) is 17.9. The summed E-state index contributed by atoms with van der Waals surface area (Å²) in [6.45, 7) is 7.09. The standard InChI is InChI=1S/C23H27F3N4O/c1-4-30(18-6-5-17(13-27)19(12-18)23(24,25)26)21-11-16(7-8-22(21,2)3)20-14-28-15-29(20)9-10-31/h5-6,11-12,14-15,21,31H,4,7-10H2,1-3H3. The number of nitrogens with zero attached hydrogens (tertiary/aromatic N) is 4. The molecule has 1 aliphatic carbocycles. The highest BCUT2D eigenvalue weighted by Crippen LogP contribution is 2.43. The molecule has 1 aromatic heterocycles. The summed E-state index contributed by atoms with van der Waals surface area (Å²) in [5, 5.41) is 18.4. The Hall–Kier alpha value is -2.79. The molecular weight excluding hydrogens is 405 g/mol. The van der Waals surface area contributed by atoms with Crippen LogP contribution < -0.4 is 4.90 Å². The molecule has 166 valence electrons. The summed E-state index contributed by atoms with van der Waals surface area (Å²) < 4.78 is 42.5. The number of alkyl halides is 3. The van der Waals surface area contributed by atoms with Gasteiger partial charge in [-0.05, 0) is 49.0 Å². The van der Waals surface area contributed by atoms with Crippen molar-refractivity contribution in [2.24, 2.45) is 5.41 Å². The second kappa shape index (κ2) is 8.75. The van der Waals surface area contributed by atoms with Crippen LogP contribution in [0.2, 0.25) is 0 Å². The number of aliphatic hydroxyl groups is 1. The van der Waals surface area contributed by atoms with Gasteiger partial charge in [-0.3, -0.25) is 0 Å². The van der Waals surface area contributed by atoms with Gasteiger partial charge < -0.3 is 14.6 Å². The lowest BCUT2D eigenvalue weighted by Crippen LogP contribution is -2.46. The van der Waals surface area contributed by atoms with Gasteiger partial charge in [0.05, 0.1) is 48.1 Å². The first kappa shape index (κ1) is 22.9. The fraction of sp³-hybridized carbons (Fsp3) is 0.478. The lowest BCUT2D eigenvalue weighted by atomic mass is 9.73. The first-order chi connectivity index (χ1) is 14.6. The highest BCUT2D eigenvalue weighted by atomic mass is 19.4. The van der Waals surface area contributed by atoms with Gasteiger partial charge in [-0.15, -0.1) is 0 Å².